The van der Waals surface area contributed by atoms with Crippen LogP contribution in [0, 0.1) is 11.8 Å². The molecule has 192 valence electrons. The Kier molecular flexibility index (Phi) is 6.47. The zero-order valence-electron chi connectivity index (χ0n) is 20.6. The van der Waals surface area contributed by atoms with Crippen molar-refractivity contribution in [3.8, 4) is 0 Å². The first-order valence-electron chi connectivity index (χ1n) is 12.6. The molecule has 4 aliphatic heterocycles. The van der Waals surface area contributed by atoms with Crippen molar-refractivity contribution in [3.63, 3.8) is 0 Å². The Morgan fingerprint density at radius 2 is 1.72 bits per heavy atom. The van der Waals surface area contributed by atoms with Crippen LogP contribution in [0.1, 0.15) is 26.2 Å². The van der Waals surface area contributed by atoms with E-state index in [2.05, 4.69) is 0 Å². The van der Waals surface area contributed by atoms with Crippen LogP contribution < -0.4 is 4.90 Å². The van der Waals surface area contributed by atoms with E-state index in [1.807, 2.05) is 31.2 Å². The van der Waals surface area contributed by atoms with Crippen molar-refractivity contribution in [2.75, 3.05) is 38.2 Å². The summed E-state index contributed by atoms with van der Waals surface area (Å²) < 4.78 is 6.88. The minimum Gasteiger partial charge on any atom is -0.396 e. The molecule has 1 unspecified atom stereocenters. The molecule has 4 aliphatic rings. The van der Waals surface area contributed by atoms with E-state index >= 15 is 0 Å². The predicted molar refractivity (Wildman–Crippen MR) is 135 cm³/mol. The lowest BCUT2D eigenvalue weighted by Gasteiger charge is -2.38. The highest BCUT2D eigenvalue weighted by Crippen LogP contribution is 2.58. The monoisotopic (exact) mass is 513 g/mol. The Bertz CT molecular complexity index is 1120. The van der Waals surface area contributed by atoms with Gasteiger partial charge in [0, 0.05) is 44.0 Å². The van der Waals surface area contributed by atoms with Gasteiger partial charge in [-0.1, -0.05) is 42.8 Å². The van der Waals surface area contributed by atoms with Crippen molar-refractivity contribution in [2.45, 2.75) is 43.4 Å². The summed E-state index contributed by atoms with van der Waals surface area (Å²) in [5, 5.41) is 9.90. The van der Waals surface area contributed by atoms with Crippen molar-refractivity contribution in [3.05, 3.63) is 53.6 Å². The number of rotatable bonds is 6. The molecule has 0 bridgehead atoms. The highest BCUT2D eigenvalue weighted by Gasteiger charge is 2.75. The minimum atomic E-state index is -1.27. The van der Waals surface area contributed by atoms with Crippen molar-refractivity contribution >= 4 is 35.0 Å². The van der Waals surface area contributed by atoms with Gasteiger partial charge in [0.1, 0.15) is 11.6 Å². The number of amides is 3. The second kappa shape index (κ2) is 9.32. The summed E-state index contributed by atoms with van der Waals surface area (Å²) in [6.07, 6.45) is 9.11. The van der Waals surface area contributed by atoms with Crippen molar-refractivity contribution in [2.24, 2.45) is 11.8 Å². The average Bonchev–Trinajstić information content (AvgIpc) is 3.16. The number of unbranched alkanes of at least 4 members (excludes halogenated alkanes) is 1. The number of hydrogen-bond donors (Lipinski definition) is 1. The molecule has 0 radical (unpaired) electrons. The van der Waals surface area contributed by atoms with E-state index in [4.69, 9.17) is 16.3 Å². The van der Waals surface area contributed by atoms with Gasteiger partial charge in [-0.15, -0.1) is 0 Å². The largest absolute Gasteiger partial charge is 0.396 e. The van der Waals surface area contributed by atoms with E-state index in [1.165, 1.54) is 0 Å². The summed E-state index contributed by atoms with van der Waals surface area (Å²) in [5.41, 5.74) is -1.57. The molecule has 1 N–H and O–H groups in total. The molecule has 2 fully saturated rings. The number of anilines is 1. The first kappa shape index (κ1) is 25.0. The summed E-state index contributed by atoms with van der Waals surface area (Å²) in [7, 11) is 1.73. The number of benzene rings is 1. The first-order valence-corrected chi connectivity index (χ1v) is 13.0. The number of nitrogens with zero attached hydrogens (tertiary/aromatic N) is 3. The van der Waals surface area contributed by atoms with Gasteiger partial charge in [-0.25, -0.2) is 0 Å². The number of ether oxygens (including phenoxy) is 1. The van der Waals surface area contributed by atoms with E-state index < -0.39 is 29.1 Å². The molecule has 0 aromatic heterocycles. The fourth-order valence-corrected chi connectivity index (χ4v) is 6.49. The summed E-state index contributed by atoms with van der Waals surface area (Å²) in [6, 6.07) is 6.09. The molecule has 5 atom stereocenters. The number of carbonyl (C=O) groups excluding carboxylic acids is 3. The zero-order chi connectivity index (χ0) is 25.7. The molecule has 3 amide bonds. The fraction of sp³-hybridized carbons (Fsp3) is 0.519. The summed E-state index contributed by atoms with van der Waals surface area (Å²) >= 11 is 6.08. The number of carbonyl (C=O) groups is 3. The van der Waals surface area contributed by atoms with E-state index in [1.54, 1.807) is 46.0 Å². The summed E-state index contributed by atoms with van der Waals surface area (Å²) in [4.78, 5) is 46.9. The quantitative estimate of drug-likeness (QED) is 0.466. The van der Waals surface area contributed by atoms with Gasteiger partial charge in [0.15, 0.2) is 0 Å². The van der Waals surface area contributed by atoms with Gasteiger partial charge in [0.2, 0.25) is 11.8 Å². The molecule has 1 aromatic rings. The number of likely N-dealkylation sites (tertiary alicyclic amines) is 1. The lowest BCUT2D eigenvalue weighted by molar-refractivity contribution is -0.149. The third-order valence-corrected chi connectivity index (χ3v) is 8.34. The van der Waals surface area contributed by atoms with E-state index in [9.17, 15) is 19.5 Å². The Hall–Kier alpha value is -2.68. The lowest BCUT2D eigenvalue weighted by atomic mass is 9.73. The lowest BCUT2D eigenvalue weighted by Crippen LogP contribution is -2.56. The third kappa shape index (κ3) is 3.61. The third-order valence-electron chi connectivity index (χ3n) is 8.09. The van der Waals surface area contributed by atoms with Gasteiger partial charge in [-0.2, -0.15) is 0 Å². The van der Waals surface area contributed by atoms with Crippen LogP contribution in [0.4, 0.5) is 5.69 Å². The van der Waals surface area contributed by atoms with Crippen LogP contribution in [0.2, 0.25) is 5.02 Å². The van der Waals surface area contributed by atoms with Crippen LogP contribution in [-0.4, -0.2) is 83.2 Å². The second-order valence-corrected chi connectivity index (χ2v) is 10.5. The molecule has 4 heterocycles. The van der Waals surface area contributed by atoms with Crippen LogP contribution >= 0.6 is 11.6 Å². The molecule has 9 heteroatoms. The summed E-state index contributed by atoms with van der Waals surface area (Å²) in [6.45, 7) is 3.00. The molecular formula is C27H32ClN3O5. The number of aliphatic hydroxyl groups excluding tert-OH is 1. The Balaban J connectivity index is 1.64. The Labute approximate surface area is 216 Å². The second-order valence-electron chi connectivity index (χ2n) is 10.0. The smallest absolute Gasteiger partial charge is 0.253 e. The number of aliphatic hydroxyl groups is 1. The maximum atomic E-state index is 14.3. The highest BCUT2D eigenvalue weighted by atomic mass is 35.5. The molecule has 0 aliphatic carbocycles. The van der Waals surface area contributed by atoms with Crippen LogP contribution in [-0.2, 0) is 19.1 Å². The van der Waals surface area contributed by atoms with E-state index in [0.717, 1.165) is 0 Å². The molecule has 2 saturated heterocycles. The van der Waals surface area contributed by atoms with Gasteiger partial charge in [-0.05, 0) is 43.5 Å². The van der Waals surface area contributed by atoms with Crippen molar-refractivity contribution < 1.29 is 24.2 Å². The highest BCUT2D eigenvalue weighted by molar-refractivity contribution is 6.30. The van der Waals surface area contributed by atoms with Gasteiger partial charge in [0.25, 0.3) is 5.91 Å². The summed E-state index contributed by atoms with van der Waals surface area (Å²) in [5.74, 6) is -2.20. The van der Waals surface area contributed by atoms with Crippen LogP contribution in [0.3, 0.4) is 0 Å². The molecule has 1 spiro atoms. The van der Waals surface area contributed by atoms with Crippen LogP contribution in [0.5, 0.6) is 0 Å². The van der Waals surface area contributed by atoms with Crippen LogP contribution in [0.25, 0.3) is 0 Å². The number of halogens is 1. The Morgan fingerprint density at radius 3 is 2.42 bits per heavy atom. The number of likely N-dealkylation sites (N-methyl/N-ethyl adjacent to an activating group) is 1. The van der Waals surface area contributed by atoms with Crippen LogP contribution in [0.15, 0.2) is 48.6 Å². The standard InChI is InChI=1S/C27H32ClN3O5/c1-3-26-12-6-14-29(2)23(33)20(26)21-24(34)31(15-4-5-17-32)22-25(35)30(16-7-13-27(21,22)36-26)19-10-8-18(28)9-11-19/h6-13,20-22,32H,3-5,14-17H2,1-2H3/t20-,21+,22?,26+,27+/m1/s1. The molecule has 5 rings (SSSR count). The van der Waals surface area contributed by atoms with Crippen molar-refractivity contribution in [1.82, 2.24) is 9.80 Å². The maximum absolute atomic E-state index is 14.3. The molecule has 1 aromatic carbocycles. The molecule has 0 saturated carbocycles. The topological polar surface area (TPSA) is 90.4 Å². The van der Waals surface area contributed by atoms with Gasteiger partial charge in [0.05, 0.1) is 17.4 Å². The SMILES string of the molecule is CC[C@]12C=CCN(C)C(=O)[C@H]1[C@H]1C(=O)N(CCCCO)C3C(=O)N(c4ccc(Cl)cc4)CC=C[C@@]31O2. The van der Waals surface area contributed by atoms with Crippen molar-refractivity contribution in [1.29, 1.82) is 0 Å². The van der Waals surface area contributed by atoms with E-state index in [0.29, 0.717) is 49.6 Å². The van der Waals surface area contributed by atoms with Gasteiger partial charge in [-0.3, -0.25) is 14.4 Å². The first-order chi connectivity index (χ1) is 17.3. The zero-order valence-corrected chi connectivity index (χ0v) is 21.4. The molecule has 8 nitrogen and oxygen atoms in total. The fourth-order valence-electron chi connectivity index (χ4n) is 6.37. The maximum Gasteiger partial charge on any atom is 0.253 e. The number of fused-ring (bicyclic) bond motifs is 2. The van der Waals surface area contributed by atoms with E-state index in [-0.39, 0.29) is 24.3 Å². The molecule has 36 heavy (non-hydrogen) atoms. The Morgan fingerprint density at radius 1 is 1.00 bits per heavy atom. The minimum absolute atomic E-state index is 0.00182. The predicted octanol–water partition coefficient (Wildman–Crippen LogP) is 2.40. The average molecular weight is 514 g/mol. The number of hydrogen-bond acceptors (Lipinski definition) is 5. The van der Waals surface area contributed by atoms with Gasteiger partial charge >= 0.3 is 0 Å². The molecular weight excluding hydrogens is 482 g/mol. The normalized spacial score (nSPS) is 33.5. The van der Waals surface area contributed by atoms with Gasteiger partial charge < -0.3 is 24.5 Å².